The largest absolute Gasteiger partial charge is 0.497 e. The summed E-state index contributed by atoms with van der Waals surface area (Å²) in [4.78, 5) is 25.8. The Kier molecular flexibility index (Phi) is 8.28. The molecule has 0 fully saturated rings. The Morgan fingerprint density at radius 2 is 1.89 bits per heavy atom. The third-order valence-corrected chi connectivity index (χ3v) is 4.33. The maximum atomic E-state index is 12.2. The van der Waals surface area contributed by atoms with E-state index in [0.717, 1.165) is 36.3 Å². The average Bonchev–Trinajstić information content (AvgIpc) is 2.71. The summed E-state index contributed by atoms with van der Waals surface area (Å²) in [5.74, 6) is 0.253. The molecule has 0 aliphatic rings. The molecule has 1 N–H and O–H groups in total. The minimum atomic E-state index is -0.243. The summed E-state index contributed by atoms with van der Waals surface area (Å²) in [6, 6.07) is 15.2. The standard InChI is InChI=1S/C23H28N2O3/c1-4-5-7-18-10-13-20(14-11-18)24-22(26)17-25(2)23(27)15-12-19-8-6-9-21(16-19)28-3/h6,8-16H,4-5,7,17H2,1-3H3,(H,24,26)/b15-12+. The van der Waals surface area contributed by atoms with Crippen LogP contribution in [0.5, 0.6) is 5.75 Å². The number of ether oxygens (including phenoxy) is 1. The molecule has 0 aliphatic heterocycles. The second-order valence-electron chi connectivity index (χ2n) is 6.65. The van der Waals surface area contributed by atoms with Gasteiger partial charge in [-0.2, -0.15) is 0 Å². The van der Waals surface area contributed by atoms with Crippen LogP contribution in [0.3, 0.4) is 0 Å². The lowest BCUT2D eigenvalue weighted by atomic mass is 10.1. The first-order valence-corrected chi connectivity index (χ1v) is 9.48. The highest BCUT2D eigenvalue weighted by molar-refractivity contribution is 5.97. The number of methoxy groups -OCH3 is 1. The molecule has 5 nitrogen and oxygen atoms in total. The summed E-state index contributed by atoms with van der Waals surface area (Å²) in [5, 5.41) is 2.83. The molecule has 0 heterocycles. The van der Waals surface area contributed by atoms with Gasteiger partial charge in [0.05, 0.1) is 13.7 Å². The molecule has 0 unspecified atom stereocenters. The maximum Gasteiger partial charge on any atom is 0.246 e. The zero-order valence-electron chi connectivity index (χ0n) is 16.8. The van der Waals surface area contributed by atoms with Crippen molar-refractivity contribution in [1.29, 1.82) is 0 Å². The Morgan fingerprint density at radius 3 is 2.57 bits per heavy atom. The highest BCUT2D eigenvalue weighted by Crippen LogP contribution is 2.14. The number of likely N-dealkylation sites (N-methyl/N-ethyl adjacent to an activating group) is 1. The van der Waals surface area contributed by atoms with E-state index in [2.05, 4.69) is 12.2 Å². The number of nitrogens with one attached hydrogen (secondary N) is 1. The number of nitrogens with zero attached hydrogens (tertiary/aromatic N) is 1. The number of aryl methyl sites for hydroxylation is 1. The number of hydrogen-bond acceptors (Lipinski definition) is 3. The SMILES string of the molecule is CCCCc1ccc(NC(=O)CN(C)C(=O)/C=C/c2cccc(OC)c2)cc1. The van der Waals surface area contributed by atoms with Crippen molar-refractivity contribution in [3.8, 4) is 5.75 Å². The van der Waals surface area contributed by atoms with E-state index in [4.69, 9.17) is 4.74 Å². The second-order valence-corrected chi connectivity index (χ2v) is 6.65. The quantitative estimate of drug-likeness (QED) is 0.665. The zero-order chi connectivity index (χ0) is 20.4. The van der Waals surface area contributed by atoms with Crippen molar-refractivity contribution < 1.29 is 14.3 Å². The molecule has 0 saturated heterocycles. The van der Waals surface area contributed by atoms with E-state index < -0.39 is 0 Å². The Hall–Kier alpha value is -3.08. The van der Waals surface area contributed by atoms with Gasteiger partial charge in [-0.1, -0.05) is 37.6 Å². The molecule has 0 aliphatic carbocycles. The van der Waals surface area contributed by atoms with E-state index in [1.807, 2.05) is 48.5 Å². The molecule has 2 aromatic carbocycles. The van der Waals surface area contributed by atoms with Crippen LogP contribution in [-0.4, -0.2) is 37.4 Å². The van der Waals surface area contributed by atoms with Crippen molar-refractivity contribution in [2.24, 2.45) is 0 Å². The number of hydrogen-bond donors (Lipinski definition) is 1. The normalized spacial score (nSPS) is 10.7. The molecule has 0 saturated carbocycles. The number of carbonyl (C=O) groups excluding carboxylic acids is 2. The van der Waals surface area contributed by atoms with Crippen LogP contribution in [0.2, 0.25) is 0 Å². The van der Waals surface area contributed by atoms with Crippen molar-refractivity contribution in [3.05, 3.63) is 65.7 Å². The van der Waals surface area contributed by atoms with Crippen LogP contribution >= 0.6 is 0 Å². The van der Waals surface area contributed by atoms with Crippen LogP contribution in [-0.2, 0) is 16.0 Å². The fourth-order valence-corrected chi connectivity index (χ4v) is 2.67. The predicted octanol–water partition coefficient (Wildman–Crippen LogP) is 4.15. The number of rotatable bonds is 9. The number of unbranched alkanes of at least 4 members (excludes halogenated alkanes) is 1. The lowest BCUT2D eigenvalue weighted by Gasteiger charge is -2.15. The topological polar surface area (TPSA) is 58.6 Å². The Bertz CT molecular complexity index is 813. The van der Waals surface area contributed by atoms with Crippen LogP contribution in [0.15, 0.2) is 54.6 Å². The average molecular weight is 380 g/mol. The molecule has 0 radical (unpaired) electrons. The van der Waals surface area contributed by atoms with Gasteiger partial charge in [0.25, 0.3) is 0 Å². The molecule has 5 heteroatoms. The van der Waals surface area contributed by atoms with E-state index in [1.165, 1.54) is 16.5 Å². The molecule has 28 heavy (non-hydrogen) atoms. The molecule has 2 aromatic rings. The van der Waals surface area contributed by atoms with Gasteiger partial charge in [0.2, 0.25) is 11.8 Å². The van der Waals surface area contributed by atoms with Gasteiger partial charge in [-0.05, 0) is 54.3 Å². The van der Waals surface area contributed by atoms with Gasteiger partial charge in [-0.3, -0.25) is 9.59 Å². The Labute approximate surface area is 167 Å². The zero-order valence-corrected chi connectivity index (χ0v) is 16.8. The van der Waals surface area contributed by atoms with Crippen molar-refractivity contribution in [3.63, 3.8) is 0 Å². The minimum absolute atomic E-state index is 0.0150. The first-order valence-electron chi connectivity index (χ1n) is 9.48. The van der Waals surface area contributed by atoms with Crippen molar-refractivity contribution in [2.45, 2.75) is 26.2 Å². The molecular weight excluding hydrogens is 352 g/mol. The number of amides is 2. The lowest BCUT2D eigenvalue weighted by molar-refractivity contribution is -0.129. The summed E-state index contributed by atoms with van der Waals surface area (Å²) in [6.45, 7) is 2.15. The Morgan fingerprint density at radius 1 is 1.14 bits per heavy atom. The third kappa shape index (κ3) is 6.91. The summed E-state index contributed by atoms with van der Waals surface area (Å²) in [6.07, 6.45) is 6.51. The van der Waals surface area contributed by atoms with Crippen molar-refractivity contribution in [2.75, 3.05) is 26.0 Å². The van der Waals surface area contributed by atoms with Gasteiger partial charge in [0, 0.05) is 18.8 Å². The van der Waals surface area contributed by atoms with Crippen LogP contribution in [0.4, 0.5) is 5.69 Å². The highest BCUT2D eigenvalue weighted by Gasteiger charge is 2.11. The van der Waals surface area contributed by atoms with Crippen LogP contribution in [0, 0.1) is 0 Å². The molecule has 0 spiro atoms. The van der Waals surface area contributed by atoms with E-state index in [9.17, 15) is 9.59 Å². The van der Waals surface area contributed by atoms with Crippen molar-refractivity contribution >= 4 is 23.6 Å². The van der Waals surface area contributed by atoms with E-state index >= 15 is 0 Å². The molecule has 2 rings (SSSR count). The fourth-order valence-electron chi connectivity index (χ4n) is 2.67. The van der Waals surface area contributed by atoms with Crippen molar-refractivity contribution in [1.82, 2.24) is 4.90 Å². The fraction of sp³-hybridized carbons (Fsp3) is 0.304. The van der Waals surface area contributed by atoms with Gasteiger partial charge >= 0.3 is 0 Å². The van der Waals surface area contributed by atoms with Crippen LogP contribution in [0.25, 0.3) is 6.08 Å². The molecule has 0 bridgehead atoms. The highest BCUT2D eigenvalue weighted by atomic mass is 16.5. The van der Waals surface area contributed by atoms with Gasteiger partial charge in [0.1, 0.15) is 5.75 Å². The number of carbonyl (C=O) groups is 2. The summed E-state index contributed by atoms with van der Waals surface area (Å²) < 4.78 is 5.16. The lowest BCUT2D eigenvalue weighted by Crippen LogP contribution is -2.33. The molecule has 0 aromatic heterocycles. The Balaban J connectivity index is 1.85. The van der Waals surface area contributed by atoms with E-state index in [0.29, 0.717) is 0 Å². The number of anilines is 1. The van der Waals surface area contributed by atoms with Gasteiger partial charge < -0.3 is 15.0 Å². The molecule has 2 amide bonds. The third-order valence-electron chi connectivity index (χ3n) is 4.33. The summed E-state index contributed by atoms with van der Waals surface area (Å²) in [5.41, 5.74) is 2.85. The van der Waals surface area contributed by atoms with Crippen LogP contribution < -0.4 is 10.1 Å². The van der Waals surface area contributed by atoms with E-state index in [-0.39, 0.29) is 18.4 Å². The minimum Gasteiger partial charge on any atom is -0.497 e. The van der Waals surface area contributed by atoms with Gasteiger partial charge in [0.15, 0.2) is 0 Å². The molecular formula is C23H28N2O3. The van der Waals surface area contributed by atoms with Gasteiger partial charge in [-0.25, -0.2) is 0 Å². The number of benzene rings is 2. The van der Waals surface area contributed by atoms with Crippen LogP contribution in [0.1, 0.15) is 30.9 Å². The first-order chi connectivity index (χ1) is 13.5. The summed E-state index contributed by atoms with van der Waals surface area (Å²) in [7, 11) is 3.20. The summed E-state index contributed by atoms with van der Waals surface area (Å²) >= 11 is 0. The first kappa shape index (κ1) is 21.2. The predicted molar refractivity (Wildman–Crippen MR) is 113 cm³/mol. The smallest absolute Gasteiger partial charge is 0.246 e. The molecule has 148 valence electrons. The maximum absolute atomic E-state index is 12.2. The molecule has 0 atom stereocenters. The monoisotopic (exact) mass is 380 g/mol. The second kappa shape index (κ2) is 10.9. The van der Waals surface area contributed by atoms with E-state index in [1.54, 1.807) is 20.2 Å². The van der Waals surface area contributed by atoms with Gasteiger partial charge in [-0.15, -0.1) is 0 Å².